The number of alkyl halides is 6. The Labute approximate surface area is 284 Å². The van der Waals surface area contributed by atoms with Gasteiger partial charge >= 0.3 is 18.4 Å². The number of thioether (sulfide) groups is 2. The van der Waals surface area contributed by atoms with Crippen LogP contribution in [-0.4, -0.2) is 44.9 Å². The van der Waals surface area contributed by atoms with Gasteiger partial charge in [0.25, 0.3) is 0 Å². The lowest BCUT2D eigenvalue weighted by molar-refractivity contribution is -0.143. The highest BCUT2D eigenvalue weighted by Crippen LogP contribution is 2.43. The highest BCUT2D eigenvalue weighted by Gasteiger charge is 2.43. The lowest BCUT2D eigenvalue weighted by atomic mass is 10.1. The minimum absolute atomic E-state index is 0.0551. The molecule has 2 atom stereocenters. The topological polar surface area (TPSA) is 53.6 Å². The van der Waals surface area contributed by atoms with Gasteiger partial charge in [0.05, 0.1) is 21.8 Å². The van der Waals surface area contributed by atoms with Crippen LogP contribution in [0.25, 0.3) is 0 Å². The first-order valence-corrected chi connectivity index (χ1v) is 16.8. The summed E-state index contributed by atoms with van der Waals surface area (Å²) in [5.41, 5.74) is -1.97. The van der Waals surface area contributed by atoms with E-state index in [-0.39, 0.29) is 22.3 Å². The number of benzene rings is 3. The molecule has 0 bridgehead atoms. The smallest absolute Gasteiger partial charge is 0.416 e. The van der Waals surface area contributed by atoms with Crippen molar-refractivity contribution in [3.05, 3.63) is 89.0 Å². The third kappa shape index (κ3) is 10.7. The zero-order valence-electron chi connectivity index (χ0n) is 26.3. The number of hydrogen-bond donors (Lipinski definition) is 2. The van der Waals surface area contributed by atoms with Crippen LogP contribution >= 0.6 is 35.7 Å². The van der Waals surface area contributed by atoms with E-state index in [1.165, 1.54) is 0 Å². The first-order chi connectivity index (χ1) is 21.8. The lowest BCUT2D eigenvalue weighted by Crippen LogP contribution is -2.44. The summed E-state index contributed by atoms with van der Waals surface area (Å²) in [7, 11) is 0. The molecule has 0 radical (unpaired) electrons. The van der Waals surface area contributed by atoms with Gasteiger partial charge in [-0.25, -0.2) is 4.79 Å². The molecular formula is C33H35F6N3O2S3. The van der Waals surface area contributed by atoms with Crippen LogP contribution in [0, 0.1) is 13.8 Å². The molecule has 14 heteroatoms. The highest BCUT2D eigenvalue weighted by molar-refractivity contribution is 8.17. The number of rotatable bonds is 7. The molecule has 1 fully saturated rings. The first kappa shape index (κ1) is 36.7. The van der Waals surface area contributed by atoms with Gasteiger partial charge in [-0.05, 0) is 95.7 Å². The number of nitrogens with zero attached hydrogens (tertiary/aromatic N) is 1. The van der Waals surface area contributed by atoms with Crippen molar-refractivity contribution >= 4 is 52.6 Å². The fourth-order valence-corrected chi connectivity index (χ4v) is 7.92. The van der Waals surface area contributed by atoms with Gasteiger partial charge in [-0.1, -0.05) is 35.4 Å². The average molecular weight is 716 g/mol. The van der Waals surface area contributed by atoms with E-state index in [1.807, 2.05) is 62.4 Å². The summed E-state index contributed by atoms with van der Waals surface area (Å²) in [6.07, 6.45) is -10.2. The fourth-order valence-electron chi connectivity index (χ4n) is 4.82. The molecule has 5 nitrogen and oxygen atoms in total. The van der Waals surface area contributed by atoms with Gasteiger partial charge in [-0.2, -0.15) is 26.3 Å². The molecular weight excluding hydrogens is 681 g/mol. The Morgan fingerprint density at radius 2 is 1.32 bits per heavy atom. The molecule has 3 aromatic carbocycles. The first-order valence-electron chi connectivity index (χ1n) is 14.6. The van der Waals surface area contributed by atoms with Gasteiger partial charge in [-0.3, -0.25) is 0 Å². The second-order valence-corrected chi connectivity index (χ2v) is 15.4. The third-order valence-electron chi connectivity index (χ3n) is 7.01. The lowest BCUT2D eigenvalue weighted by Gasteiger charge is -2.32. The van der Waals surface area contributed by atoms with Gasteiger partial charge in [0.15, 0.2) is 5.11 Å². The van der Waals surface area contributed by atoms with E-state index in [2.05, 4.69) is 10.6 Å². The van der Waals surface area contributed by atoms with Gasteiger partial charge < -0.3 is 20.3 Å². The number of halogens is 6. The number of anilines is 1. The van der Waals surface area contributed by atoms with Crippen molar-refractivity contribution in [3.63, 3.8) is 0 Å². The minimum Gasteiger partial charge on any atom is -0.444 e. The van der Waals surface area contributed by atoms with Crippen molar-refractivity contribution in [2.24, 2.45) is 0 Å². The summed E-state index contributed by atoms with van der Waals surface area (Å²) in [5, 5.41) is 5.31. The highest BCUT2D eigenvalue weighted by atomic mass is 32.2. The molecule has 0 aliphatic carbocycles. The number of carbonyl (C=O) groups is 1. The van der Waals surface area contributed by atoms with Crippen molar-refractivity contribution in [2.75, 3.05) is 11.9 Å². The molecule has 1 aliphatic heterocycles. The molecule has 1 heterocycles. The number of nitrogens with one attached hydrogen (secondary N) is 2. The summed E-state index contributed by atoms with van der Waals surface area (Å²) in [4.78, 5) is 17.1. The van der Waals surface area contributed by atoms with E-state index in [1.54, 1.807) is 49.2 Å². The van der Waals surface area contributed by atoms with Crippen LogP contribution in [0.3, 0.4) is 0 Å². The number of hydrogen-bond acceptors (Lipinski definition) is 5. The Morgan fingerprint density at radius 1 is 0.851 bits per heavy atom. The second-order valence-electron chi connectivity index (χ2n) is 12.3. The largest absolute Gasteiger partial charge is 0.444 e. The molecule has 0 unspecified atom stereocenters. The van der Waals surface area contributed by atoms with Crippen LogP contribution in [0.5, 0.6) is 0 Å². The van der Waals surface area contributed by atoms with Gasteiger partial charge in [0.2, 0.25) is 0 Å². The quantitative estimate of drug-likeness (QED) is 0.109. The zero-order valence-corrected chi connectivity index (χ0v) is 28.7. The van der Waals surface area contributed by atoms with E-state index >= 15 is 0 Å². The summed E-state index contributed by atoms with van der Waals surface area (Å²) in [6, 6.07) is 16.4. The van der Waals surface area contributed by atoms with Crippen LogP contribution < -0.4 is 10.6 Å². The molecule has 0 aromatic heterocycles. The molecule has 1 saturated heterocycles. The van der Waals surface area contributed by atoms with Gasteiger partial charge in [-0.15, -0.1) is 23.5 Å². The van der Waals surface area contributed by atoms with Crippen molar-refractivity contribution in [1.29, 1.82) is 0 Å². The van der Waals surface area contributed by atoms with Crippen LogP contribution in [0.1, 0.15) is 49.4 Å². The molecule has 47 heavy (non-hydrogen) atoms. The molecule has 1 aliphatic rings. The van der Waals surface area contributed by atoms with E-state index in [9.17, 15) is 31.1 Å². The Bertz CT molecular complexity index is 1480. The third-order valence-corrected chi connectivity index (χ3v) is 9.99. The Balaban J connectivity index is 1.61. The standard InChI is InChI=1S/C33H35F6N3O2S3/c1-19-6-10-25(11-7-19)46-28(47-26-12-8-20(2)9-13-26)27-17-24(18-42(27)30(43)44-31(3,4)5)41-29(45)40-23-15-21(32(34,35)36)14-22(16-23)33(37,38)39/h6-16,24,27-28H,17-18H2,1-5H3,(H2,40,41,45)/t24-,27+/m1/s1. The van der Waals surface area contributed by atoms with E-state index < -0.39 is 52.9 Å². The van der Waals surface area contributed by atoms with Crippen LogP contribution in [0.2, 0.25) is 0 Å². The predicted molar refractivity (Wildman–Crippen MR) is 179 cm³/mol. The normalized spacial score (nSPS) is 17.1. The summed E-state index contributed by atoms with van der Waals surface area (Å²) in [5.74, 6) is 0. The van der Waals surface area contributed by atoms with E-state index in [4.69, 9.17) is 17.0 Å². The van der Waals surface area contributed by atoms with E-state index in [0.29, 0.717) is 18.6 Å². The summed E-state index contributed by atoms with van der Waals surface area (Å²) < 4.78 is 86.0. The van der Waals surface area contributed by atoms with Gasteiger partial charge in [0.1, 0.15) is 5.60 Å². The van der Waals surface area contributed by atoms with Crippen molar-refractivity contribution in [1.82, 2.24) is 10.2 Å². The van der Waals surface area contributed by atoms with Crippen molar-refractivity contribution < 1.29 is 35.9 Å². The Morgan fingerprint density at radius 3 is 1.74 bits per heavy atom. The number of aryl methyl sites for hydroxylation is 2. The summed E-state index contributed by atoms with van der Waals surface area (Å²) >= 11 is 8.52. The summed E-state index contributed by atoms with van der Waals surface area (Å²) in [6.45, 7) is 9.39. The molecule has 3 aromatic rings. The number of ether oxygens (including phenoxy) is 1. The predicted octanol–water partition coefficient (Wildman–Crippen LogP) is 9.92. The fraction of sp³-hybridized carbons (Fsp3) is 0.394. The average Bonchev–Trinajstić information content (AvgIpc) is 3.37. The number of amides is 1. The second kappa shape index (κ2) is 14.6. The maximum absolute atomic E-state index is 13.6. The Kier molecular flexibility index (Phi) is 11.4. The molecule has 2 N–H and O–H groups in total. The van der Waals surface area contributed by atoms with Crippen LogP contribution in [0.15, 0.2) is 76.5 Å². The maximum atomic E-state index is 13.6. The van der Waals surface area contributed by atoms with Crippen molar-refractivity contribution in [3.8, 4) is 0 Å². The monoisotopic (exact) mass is 715 g/mol. The van der Waals surface area contributed by atoms with Crippen LogP contribution in [-0.2, 0) is 17.1 Å². The molecule has 1 amide bonds. The molecule has 0 spiro atoms. The van der Waals surface area contributed by atoms with Crippen molar-refractivity contribution in [2.45, 2.75) is 85.4 Å². The SMILES string of the molecule is Cc1ccc(SC(Sc2ccc(C)cc2)[C@@H]2C[C@@H](NC(=S)Nc3cc(C(F)(F)F)cc(C(F)(F)F)c3)CN2C(=O)OC(C)(C)C)cc1. The molecule has 0 saturated carbocycles. The van der Waals surface area contributed by atoms with Gasteiger partial charge in [0, 0.05) is 28.1 Å². The maximum Gasteiger partial charge on any atom is 0.416 e. The Hall–Kier alpha value is -3.10. The van der Waals surface area contributed by atoms with Crippen LogP contribution in [0.4, 0.5) is 36.8 Å². The zero-order chi connectivity index (χ0) is 34.7. The number of likely N-dealkylation sites (tertiary alicyclic amines) is 1. The van der Waals surface area contributed by atoms with E-state index in [0.717, 1.165) is 20.9 Å². The number of carbonyl (C=O) groups excluding carboxylic acids is 1. The minimum atomic E-state index is -5.00. The molecule has 4 rings (SSSR count). The number of thiocarbonyl (C=S) groups is 1. The molecule has 254 valence electrons.